The van der Waals surface area contributed by atoms with Crippen LogP contribution < -0.4 is 5.32 Å². The van der Waals surface area contributed by atoms with Crippen LogP contribution >= 0.6 is 0 Å². The van der Waals surface area contributed by atoms with Gasteiger partial charge in [0.15, 0.2) is 0 Å². The molecule has 96 valence electrons. The second kappa shape index (κ2) is 4.10. The third-order valence-corrected chi connectivity index (χ3v) is 3.49. The summed E-state index contributed by atoms with van der Waals surface area (Å²) in [6.07, 6.45) is 0. The Balaban J connectivity index is 1.94. The highest BCUT2D eigenvalue weighted by atomic mass is 16.3. The molecule has 0 saturated heterocycles. The molecule has 3 aromatic rings. The van der Waals surface area contributed by atoms with Crippen LogP contribution in [0.5, 0.6) is 5.75 Å². The Morgan fingerprint density at radius 2 is 1.70 bits per heavy atom. The van der Waals surface area contributed by atoms with E-state index in [1.54, 1.807) is 12.1 Å². The van der Waals surface area contributed by atoms with Gasteiger partial charge in [-0.15, -0.1) is 0 Å². The largest absolute Gasteiger partial charge is 0.508 e. The number of anilines is 1. The van der Waals surface area contributed by atoms with E-state index in [0.29, 0.717) is 0 Å². The predicted octanol–water partition coefficient (Wildman–Crippen LogP) is 4.05. The number of phenols is 1. The molecule has 1 aliphatic rings. The maximum atomic E-state index is 9.61. The van der Waals surface area contributed by atoms with E-state index in [2.05, 4.69) is 22.4 Å². The molecular formula is C17H12N2O. The summed E-state index contributed by atoms with van der Waals surface area (Å²) in [7, 11) is 0. The topological polar surface area (TPSA) is 44.6 Å². The minimum Gasteiger partial charge on any atom is -0.508 e. The molecule has 20 heavy (non-hydrogen) atoms. The predicted molar refractivity (Wildman–Crippen MR) is 81.9 cm³/mol. The van der Waals surface area contributed by atoms with Crippen molar-refractivity contribution in [2.75, 3.05) is 5.32 Å². The zero-order valence-corrected chi connectivity index (χ0v) is 10.7. The molecule has 0 aliphatic carbocycles. The first-order valence-corrected chi connectivity index (χ1v) is 6.48. The fourth-order valence-electron chi connectivity index (χ4n) is 2.58. The number of hydrogen-bond acceptors (Lipinski definition) is 3. The number of amidine groups is 1. The number of aliphatic imine (C=N–C) groups is 1. The molecule has 0 spiro atoms. The summed E-state index contributed by atoms with van der Waals surface area (Å²) in [5.74, 6) is 0.996. The molecule has 0 unspecified atom stereocenters. The molecule has 4 rings (SSSR count). The molecule has 0 aromatic heterocycles. The van der Waals surface area contributed by atoms with Crippen LogP contribution in [0.15, 0.2) is 65.7 Å². The van der Waals surface area contributed by atoms with Gasteiger partial charge in [0.2, 0.25) is 0 Å². The maximum absolute atomic E-state index is 9.61. The van der Waals surface area contributed by atoms with Crippen molar-refractivity contribution >= 4 is 28.0 Å². The van der Waals surface area contributed by atoms with E-state index >= 15 is 0 Å². The van der Waals surface area contributed by atoms with E-state index in [1.807, 2.05) is 36.4 Å². The molecule has 0 bridgehead atoms. The van der Waals surface area contributed by atoms with Crippen molar-refractivity contribution in [3.05, 3.63) is 66.2 Å². The van der Waals surface area contributed by atoms with E-state index in [0.717, 1.165) is 28.2 Å². The van der Waals surface area contributed by atoms with Crippen molar-refractivity contribution in [1.82, 2.24) is 0 Å². The first-order chi connectivity index (χ1) is 9.81. The van der Waals surface area contributed by atoms with Gasteiger partial charge < -0.3 is 10.4 Å². The summed E-state index contributed by atoms with van der Waals surface area (Å²) in [5, 5.41) is 15.3. The van der Waals surface area contributed by atoms with Crippen LogP contribution in [-0.2, 0) is 0 Å². The van der Waals surface area contributed by atoms with Crippen LogP contribution in [0.25, 0.3) is 10.8 Å². The molecule has 0 radical (unpaired) electrons. The number of aromatic hydroxyl groups is 1. The molecule has 3 aromatic carbocycles. The van der Waals surface area contributed by atoms with Gasteiger partial charge in [0, 0.05) is 16.6 Å². The van der Waals surface area contributed by atoms with E-state index < -0.39 is 0 Å². The van der Waals surface area contributed by atoms with Crippen molar-refractivity contribution in [3.63, 3.8) is 0 Å². The van der Waals surface area contributed by atoms with Crippen LogP contribution in [0.2, 0.25) is 0 Å². The van der Waals surface area contributed by atoms with E-state index in [-0.39, 0.29) is 5.75 Å². The van der Waals surface area contributed by atoms with E-state index in [1.165, 1.54) is 5.39 Å². The number of nitrogens with one attached hydrogen (secondary N) is 1. The molecule has 2 N–H and O–H groups in total. The average molecular weight is 260 g/mol. The van der Waals surface area contributed by atoms with Gasteiger partial charge in [-0.3, -0.25) is 0 Å². The van der Waals surface area contributed by atoms with E-state index in [4.69, 9.17) is 0 Å². The molecule has 1 heterocycles. The lowest BCUT2D eigenvalue weighted by atomic mass is 10.0. The second-order valence-corrected chi connectivity index (χ2v) is 4.82. The van der Waals surface area contributed by atoms with Gasteiger partial charge in [0.1, 0.15) is 11.6 Å². The van der Waals surface area contributed by atoms with Crippen molar-refractivity contribution in [3.8, 4) is 5.75 Å². The van der Waals surface area contributed by atoms with Gasteiger partial charge in [0.25, 0.3) is 0 Å². The number of benzene rings is 3. The number of nitrogens with zero attached hydrogens (tertiary/aromatic N) is 1. The molecule has 0 atom stereocenters. The van der Waals surface area contributed by atoms with Crippen LogP contribution in [0.4, 0.5) is 11.4 Å². The van der Waals surface area contributed by atoms with Crippen molar-refractivity contribution in [1.29, 1.82) is 0 Å². The molecule has 3 heteroatoms. The second-order valence-electron chi connectivity index (χ2n) is 4.82. The summed E-state index contributed by atoms with van der Waals surface area (Å²) in [4.78, 5) is 4.67. The molecule has 0 saturated carbocycles. The van der Waals surface area contributed by atoms with Crippen LogP contribution in [-0.4, -0.2) is 10.9 Å². The third-order valence-electron chi connectivity index (χ3n) is 3.49. The highest BCUT2D eigenvalue weighted by molar-refractivity contribution is 6.19. The number of phenolic OH excluding ortho intramolecular Hbond substituents is 1. The SMILES string of the molecule is Oc1cccc(C2=Nc3cccc4cccc(c34)N2)c1. The lowest BCUT2D eigenvalue weighted by molar-refractivity contribution is 0.475. The van der Waals surface area contributed by atoms with Crippen molar-refractivity contribution < 1.29 is 5.11 Å². The van der Waals surface area contributed by atoms with Gasteiger partial charge in [-0.1, -0.05) is 36.4 Å². The number of hydrogen-bond donors (Lipinski definition) is 2. The van der Waals surface area contributed by atoms with Gasteiger partial charge in [-0.2, -0.15) is 0 Å². The third kappa shape index (κ3) is 1.64. The molecule has 3 nitrogen and oxygen atoms in total. The molecule has 0 amide bonds. The first kappa shape index (κ1) is 11.1. The lowest BCUT2D eigenvalue weighted by Gasteiger charge is -2.19. The highest BCUT2D eigenvalue weighted by Crippen LogP contribution is 2.36. The quantitative estimate of drug-likeness (QED) is 0.693. The molecular weight excluding hydrogens is 248 g/mol. The normalized spacial score (nSPS) is 12.9. The molecule has 0 fully saturated rings. The van der Waals surface area contributed by atoms with Gasteiger partial charge in [-0.25, -0.2) is 4.99 Å². The van der Waals surface area contributed by atoms with Crippen molar-refractivity contribution in [2.24, 2.45) is 4.99 Å². The Morgan fingerprint density at radius 3 is 2.55 bits per heavy atom. The van der Waals surface area contributed by atoms with E-state index in [9.17, 15) is 5.11 Å². The Bertz CT molecular complexity index is 847. The fraction of sp³-hybridized carbons (Fsp3) is 0. The minimum atomic E-state index is 0.240. The molecule has 1 aliphatic heterocycles. The number of rotatable bonds is 1. The Hall–Kier alpha value is -2.81. The smallest absolute Gasteiger partial charge is 0.138 e. The summed E-state index contributed by atoms with van der Waals surface area (Å²) in [5.41, 5.74) is 2.87. The summed E-state index contributed by atoms with van der Waals surface area (Å²) in [6, 6.07) is 19.4. The lowest BCUT2D eigenvalue weighted by Crippen LogP contribution is -2.16. The first-order valence-electron chi connectivity index (χ1n) is 6.48. The Kier molecular flexibility index (Phi) is 2.27. The van der Waals surface area contributed by atoms with Gasteiger partial charge in [0.05, 0.1) is 5.69 Å². The average Bonchev–Trinajstić information content (AvgIpc) is 2.48. The van der Waals surface area contributed by atoms with Crippen LogP contribution in [0, 0.1) is 0 Å². The summed E-state index contributed by atoms with van der Waals surface area (Å²) >= 11 is 0. The van der Waals surface area contributed by atoms with Gasteiger partial charge in [-0.05, 0) is 29.7 Å². The summed E-state index contributed by atoms with van der Waals surface area (Å²) < 4.78 is 0. The van der Waals surface area contributed by atoms with Crippen LogP contribution in [0.3, 0.4) is 0 Å². The minimum absolute atomic E-state index is 0.240. The Morgan fingerprint density at radius 1 is 0.900 bits per heavy atom. The van der Waals surface area contributed by atoms with Gasteiger partial charge >= 0.3 is 0 Å². The fourth-order valence-corrected chi connectivity index (χ4v) is 2.58. The maximum Gasteiger partial charge on any atom is 0.138 e. The standard InChI is InChI=1S/C17H12N2O/c20-13-7-1-6-12(10-13)17-18-14-8-2-4-11-5-3-9-15(19-17)16(11)14/h1-10,20H,(H,18,19). The van der Waals surface area contributed by atoms with Crippen LogP contribution in [0.1, 0.15) is 5.56 Å². The monoisotopic (exact) mass is 260 g/mol. The zero-order valence-electron chi connectivity index (χ0n) is 10.7. The van der Waals surface area contributed by atoms with Crippen molar-refractivity contribution in [2.45, 2.75) is 0 Å². The zero-order chi connectivity index (χ0) is 13.5. The Labute approximate surface area is 116 Å². The highest BCUT2D eigenvalue weighted by Gasteiger charge is 2.15. The summed E-state index contributed by atoms with van der Waals surface area (Å²) in [6.45, 7) is 0.